The van der Waals surface area contributed by atoms with E-state index in [2.05, 4.69) is 5.32 Å². The zero-order valence-electron chi connectivity index (χ0n) is 14.5. The number of nitrogens with one attached hydrogen (secondary N) is 1. The van der Waals surface area contributed by atoms with Crippen LogP contribution in [0, 0.1) is 12.8 Å². The minimum absolute atomic E-state index is 0.133. The van der Waals surface area contributed by atoms with E-state index in [9.17, 15) is 9.59 Å². The minimum Gasteiger partial charge on any atom is -0.381 e. The van der Waals surface area contributed by atoms with E-state index in [-0.39, 0.29) is 11.7 Å². The monoisotopic (exact) mass is 337 g/mol. The van der Waals surface area contributed by atoms with Gasteiger partial charge >= 0.3 is 0 Å². The predicted molar refractivity (Wildman–Crippen MR) is 96.9 cm³/mol. The number of carbonyl (C=O) groups excluding carboxylic acids is 2. The Labute approximate surface area is 148 Å². The van der Waals surface area contributed by atoms with Crippen molar-refractivity contribution in [3.8, 4) is 0 Å². The summed E-state index contributed by atoms with van der Waals surface area (Å²) in [5.41, 5.74) is 2.54. The van der Waals surface area contributed by atoms with Crippen molar-refractivity contribution in [2.24, 2.45) is 5.92 Å². The number of benzene rings is 2. The average Bonchev–Trinajstić information content (AvgIpc) is 2.67. The Morgan fingerprint density at radius 2 is 1.80 bits per heavy atom. The van der Waals surface area contributed by atoms with Gasteiger partial charge in [-0.15, -0.1) is 0 Å². The molecule has 2 aromatic rings. The van der Waals surface area contributed by atoms with E-state index in [1.54, 1.807) is 36.4 Å². The highest BCUT2D eigenvalue weighted by molar-refractivity contribution is 6.15. The van der Waals surface area contributed by atoms with Crippen molar-refractivity contribution in [3.63, 3.8) is 0 Å². The summed E-state index contributed by atoms with van der Waals surface area (Å²) in [6, 6.07) is 14.4. The zero-order chi connectivity index (χ0) is 17.6. The second kappa shape index (κ2) is 8.08. The maximum absolute atomic E-state index is 12.8. The van der Waals surface area contributed by atoms with Crippen LogP contribution >= 0.6 is 0 Å². The van der Waals surface area contributed by atoms with Gasteiger partial charge in [-0.2, -0.15) is 0 Å². The van der Waals surface area contributed by atoms with Gasteiger partial charge in [0.2, 0.25) is 0 Å². The van der Waals surface area contributed by atoms with Crippen molar-refractivity contribution in [1.29, 1.82) is 0 Å². The zero-order valence-corrected chi connectivity index (χ0v) is 14.5. The van der Waals surface area contributed by atoms with Crippen molar-refractivity contribution < 1.29 is 14.3 Å². The topological polar surface area (TPSA) is 55.4 Å². The van der Waals surface area contributed by atoms with E-state index >= 15 is 0 Å². The summed E-state index contributed by atoms with van der Waals surface area (Å²) in [4.78, 5) is 25.4. The largest absolute Gasteiger partial charge is 0.381 e. The van der Waals surface area contributed by atoms with Crippen molar-refractivity contribution in [2.75, 3.05) is 19.8 Å². The van der Waals surface area contributed by atoms with Gasteiger partial charge in [-0.1, -0.05) is 48.0 Å². The summed E-state index contributed by atoms with van der Waals surface area (Å²) in [5, 5.41) is 2.95. The normalized spacial score (nSPS) is 17.1. The summed E-state index contributed by atoms with van der Waals surface area (Å²) in [5.74, 6) is 0.00560. The molecule has 1 saturated heterocycles. The molecular formula is C21H23NO3. The molecule has 1 aliphatic rings. The fourth-order valence-electron chi connectivity index (χ4n) is 3.04. The molecule has 0 unspecified atom stereocenters. The summed E-state index contributed by atoms with van der Waals surface area (Å²) in [6.07, 6.45) is 2.09. The third-order valence-electron chi connectivity index (χ3n) is 4.54. The Hall–Kier alpha value is -2.46. The van der Waals surface area contributed by atoms with Gasteiger partial charge in [-0.05, 0) is 31.7 Å². The smallest absolute Gasteiger partial charge is 0.252 e. The molecule has 0 radical (unpaired) electrons. The van der Waals surface area contributed by atoms with Crippen LogP contribution in [0.25, 0.3) is 0 Å². The van der Waals surface area contributed by atoms with Gasteiger partial charge in [0.1, 0.15) is 0 Å². The van der Waals surface area contributed by atoms with Crippen LogP contribution in [-0.4, -0.2) is 31.4 Å². The lowest BCUT2D eigenvalue weighted by Crippen LogP contribution is -2.34. The highest BCUT2D eigenvalue weighted by Gasteiger charge is 2.20. The Morgan fingerprint density at radius 1 is 1.08 bits per heavy atom. The van der Waals surface area contributed by atoms with Crippen LogP contribution in [0.15, 0.2) is 48.5 Å². The molecule has 0 aromatic heterocycles. The summed E-state index contributed by atoms with van der Waals surface area (Å²) in [6.45, 7) is 4.04. The van der Waals surface area contributed by atoms with Gasteiger partial charge in [0.05, 0.1) is 12.2 Å². The van der Waals surface area contributed by atoms with E-state index in [4.69, 9.17) is 4.74 Å². The lowest BCUT2D eigenvalue weighted by atomic mass is 9.97. The molecule has 1 fully saturated rings. The Balaban J connectivity index is 1.74. The molecule has 1 amide bonds. The number of hydrogen-bond acceptors (Lipinski definition) is 3. The molecule has 1 atom stereocenters. The van der Waals surface area contributed by atoms with Gasteiger partial charge < -0.3 is 10.1 Å². The number of ketones is 1. The first-order chi connectivity index (χ1) is 12.1. The van der Waals surface area contributed by atoms with E-state index in [0.717, 1.165) is 25.0 Å². The predicted octanol–water partition coefficient (Wildman–Crippen LogP) is 3.38. The SMILES string of the molecule is Cc1ccc(C(=O)c2ccccc2C(=O)NC[C@H]2CCCOC2)cc1. The van der Waals surface area contributed by atoms with Crippen LogP contribution in [0.2, 0.25) is 0 Å². The van der Waals surface area contributed by atoms with Gasteiger partial charge in [0.15, 0.2) is 5.78 Å². The first-order valence-electron chi connectivity index (χ1n) is 8.71. The fourth-order valence-corrected chi connectivity index (χ4v) is 3.04. The van der Waals surface area contributed by atoms with E-state index in [1.165, 1.54) is 0 Å². The number of carbonyl (C=O) groups is 2. The number of amides is 1. The highest BCUT2D eigenvalue weighted by Crippen LogP contribution is 2.17. The second-order valence-electron chi connectivity index (χ2n) is 6.53. The molecule has 0 bridgehead atoms. The summed E-state index contributed by atoms with van der Waals surface area (Å²) < 4.78 is 5.44. The number of rotatable bonds is 5. The van der Waals surface area contributed by atoms with E-state index in [1.807, 2.05) is 19.1 Å². The second-order valence-corrected chi connectivity index (χ2v) is 6.53. The highest BCUT2D eigenvalue weighted by atomic mass is 16.5. The Bertz CT molecular complexity index is 746. The molecule has 4 heteroatoms. The molecule has 1 N–H and O–H groups in total. The molecule has 0 spiro atoms. The van der Waals surface area contributed by atoms with Gasteiger partial charge in [0.25, 0.3) is 5.91 Å². The molecule has 25 heavy (non-hydrogen) atoms. The van der Waals surface area contributed by atoms with Crippen molar-refractivity contribution in [3.05, 3.63) is 70.8 Å². The van der Waals surface area contributed by atoms with Gasteiger partial charge in [-0.25, -0.2) is 0 Å². The van der Waals surface area contributed by atoms with Crippen LogP contribution in [0.3, 0.4) is 0 Å². The Kier molecular flexibility index (Phi) is 5.61. The molecule has 3 rings (SSSR count). The molecule has 0 saturated carbocycles. The van der Waals surface area contributed by atoms with Crippen LogP contribution in [0.4, 0.5) is 0 Å². The summed E-state index contributed by atoms with van der Waals surface area (Å²) >= 11 is 0. The number of ether oxygens (including phenoxy) is 1. The number of hydrogen-bond donors (Lipinski definition) is 1. The first kappa shape index (κ1) is 17.4. The third kappa shape index (κ3) is 4.34. The fraction of sp³-hybridized carbons (Fsp3) is 0.333. The van der Waals surface area contributed by atoms with E-state index < -0.39 is 0 Å². The maximum atomic E-state index is 12.8. The maximum Gasteiger partial charge on any atom is 0.252 e. The minimum atomic E-state index is -0.207. The van der Waals surface area contributed by atoms with Crippen LogP contribution in [0.1, 0.15) is 44.7 Å². The summed E-state index contributed by atoms with van der Waals surface area (Å²) in [7, 11) is 0. The van der Waals surface area contributed by atoms with Gasteiger partial charge in [0, 0.05) is 24.3 Å². The molecule has 2 aromatic carbocycles. The van der Waals surface area contributed by atoms with Crippen molar-refractivity contribution in [2.45, 2.75) is 19.8 Å². The molecular weight excluding hydrogens is 314 g/mol. The molecule has 1 heterocycles. The molecule has 1 aliphatic heterocycles. The molecule has 4 nitrogen and oxygen atoms in total. The van der Waals surface area contributed by atoms with Gasteiger partial charge in [-0.3, -0.25) is 9.59 Å². The van der Waals surface area contributed by atoms with Crippen LogP contribution in [-0.2, 0) is 4.74 Å². The lowest BCUT2D eigenvalue weighted by Gasteiger charge is -2.22. The lowest BCUT2D eigenvalue weighted by molar-refractivity contribution is 0.0536. The van der Waals surface area contributed by atoms with Crippen molar-refractivity contribution in [1.82, 2.24) is 5.32 Å². The van der Waals surface area contributed by atoms with Crippen molar-refractivity contribution >= 4 is 11.7 Å². The standard InChI is InChI=1S/C21H23NO3/c1-15-8-10-17(11-9-15)20(23)18-6-2-3-7-19(18)21(24)22-13-16-5-4-12-25-14-16/h2-3,6-11,16H,4-5,12-14H2,1H3,(H,22,24)/t16-/m1/s1. The first-order valence-corrected chi connectivity index (χ1v) is 8.71. The molecule has 0 aliphatic carbocycles. The van der Waals surface area contributed by atoms with Crippen LogP contribution < -0.4 is 5.32 Å². The number of aryl methyl sites for hydroxylation is 1. The van der Waals surface area contributed by atoms with E-state index in [0.29, 0.717) is 35.8 Å². The Morgan fingerprint density at radius 3 is 2.48 bits per heavy atom. The molecule has 130 valence electrons. The van der Waals surface area contributed by atoms with Crippen LogP contribution in [0.5, 0.6) is 0 Å². The third-order valence-corrected chi connectivity index (χ3v) is 4.54. The average molecular weight is 337 g/mol. The quantitative estimate of drug-likeness (QED) is 0.851.